The maximum atomic E-state index is 13.6. The van der Waals surface area contributed by atoms with Crippen LogP contribution in [0.1, 0.15) is 10.4 Å². The number of nitrogens with zero attached hydrogens (tertiary/aromatic N) is 2. The van der Waals surface area contributed by atoms with E-state index in [0.717, 1.165) is 6.07 Å². The molecule has 0 bridgehead atoms. The highest BCUT2D eigenvalue weighted by Gasteiger charge is 2.23. The van der Waals surface area contributed by atoms with Crippen LogP contribution < -0.4 is 5.32 Å². The van der Waals surface area contributed by atoms with E-state index in [1.54, 1.807) is 0 Å². The summed E-state index contributed by atoms with van der Waals surface area (Å²) in [7, 11) is 0. The van der Waals surface area contributed by atoms with Crippen molar-refractivity contribution in [2.75, 3.05) is 5.32 Å². The van der Waals surface area contributed by atoms with Crippen molar-refractivity contribution in [1.29, 1.82) is 0 Å². The Balaban J connectivity index is 2.37. The van der Waals surface area contributed by atoms with E-state index in [1.165, 1.54) is 0 Å². The predicted molar refractivity (Wildman–Crippen MR) is 68.0 cm³/mol. The second-order valence-corrected chi connectivity index (χ2v) is 4.41. The molecule has 0 aliphatic carbocycles. The van der Waals surface area contributed by atoms with Gasteiger partial charge >= 0.3 is 0 Å². The molecule has 0 radical (unpaired) electrons. The molecule has 0 atom stereocenters. The van der Waals surface area contributed by atoms with Crippen LogP contribution in [0.5, 0.6) is 5.75 Å². The van der Waals surface area contributed by atoms with E-state index in [9.17, 15) is 18.0 Å². The van der Waals surface area contributed by atoms with E-state index in [-0.39, 0.29) is 16.3 Å². The SMILES string of the molecule is O=C(Nc1cc(Cl)nc(Cl)n1)c1cc(F)c(F)c(O)c1F. The number of benzene rings is 1. The van der Waals surface area contributed by atoms with Crippen LogP contribution in [-0.2, 0) is 0 Å². The van der Waals surface area contributed by atoms with Gasteiger partial charge in [0.15, 0.2) is 17.4 Å². The topological polar surface area (TPSA) is 75.1 Å². The Morgan fingerprint density at radius 1 is 1.14 bits per heavy atom. The van der Waals surface area contributed by atoms with E-state index < -0.39 is 34.7 Å². The summed E-state index contributed by atoms with van der Waals surface area (Å²) in [5.74, 6) is -7.97. The molecule has 0 fully saturated rings. The first kappa shape index (κ1) is 15.3. The Labute approximate surface area is 125 Å². The first-order valence-corrected chi connectivity index (χ1v) is 5.93. The fourth-order valence-corrected chi connectivity index (χ4v) is 1.80. The maximum Gasteiger partial charge on any atom is 0.260 e. The van der Waals surface area contributed by atoms with Crippen LogP contribution in [0.2, 0.25) is 10.4 Å². The van der Waals surface area contributed by atoms with Gasteiger partial charge in [0.05, 0.1) is 5.56 Å². The zero-order valence-electron chi connectivity index (χ0n) is 9.79. The molecule has 21 heavy (non-hydrogen) atoms. The second kappa shape index (κ2) is 5.74. The third-order valence-corrected chi connectivity index (χ3v) is 2.65. The van der Waals surface area contributed by atoms with Gasteiger partial charge in [-0.2, -0.15) is 4.39 Å². The number of hydrogen-bond donors (Lipinski definition) is 2. The van der Waals surface area contributed by atoms with Crippen LogP contribution in [0, 0.1) is 17.5 Å². The molecule has 1 heterocycles. The van der Waals surface area contributed by atoms with Gasteiger partial charge in [-0.15, -0.1) is 0 Å². The van der Waals surface area contributed by atoms with Gasteiger partial charge < -0.3 is 10.4 Å². The molecule has 110 valence electrons. The lowest BCUT2D eigenvalue weighted by Crippen LogP contribution is -2.16. The molecule has 0 aliphatic heterocycles. The summed E-state index contributed by atoms with van der Waals surface area (Å²) >= 11 is 11.1. The van der Waals surface area contributed by atoms with Gasteiger partial charge in [-0.1, -0.05) is 11.6 Å². The number of phenols is 1. The first-order chi connectivity index (χ1) is 9.79. The molecule has 2 N–H and O–H groups in total. The molecule has 2 aromatic rings. The van der Waals surface area contributed by atoms with Gasteiger partial charge in [0.2, 0.25) is 11.1 Å². The van der Waals surface area contributed by atoms with Crippen molar-refractivity contribution in [1.82, 2.24) is 9.97 Å². The summed E-state index contributed by atoms with van der Waals surface area (Å²) in [6, 6.07) is 1.40. The van der Waals surface area contributed by atoms with Crippen LogP contribution in [0.25, 0.3) is 0 Å². The third kappa shape index (κ3) is 3.17. The first-order valence-electron chi connectivity index (χ1n) is 5.17. The highest BCUT2D eigenvalue weighted by molar-refractivity contribution is 6.32. The van der Waals surface area contributed by atoms with Gasteiger partial charge in [0, 0.05) is 6.07 Å². The van der Waals surface area contributed by atoms with Crippen LogP contribution in [-0.4, -0.2) is 21.0 Å². The number of carbonyl (C=O) groups is 1. The van der Waals surface area contributed by atoms with Crippen molar-refractivity contribution in [3.63, 3.8) is 0 Å². The molecule has 5 nitrogen and oxygen atoms in total. The molecule has 1 aromatic heterocycles. The van der Waals surface area contributed by atoms with Gasteiger partial charge in [0.25, 0.3) is 5.91 Å². The number of amides is 1. The molecule has 0 unspecified atom stereocenters. The van der Waals surface area contributed by atoms with Gasteiger partial charge in [-0.3, -0.25) is 4.79 Å². The minimum Gasteiger partial charge on any atom is -0.503 e. The number of hydrogen-bond acceptors (Lipinski definition) is 4. The Hall–Kier alpha value is -2.06. The molecule has 0 saturated heterocycles. The predicted octanol–water partition coefficient (Wildman–Crippen LogP) is 3.16. The van der Waals surface area contributed by atoms with E-state index in [1.807, 2.05) is 0 Å². The Morgan fingerprint density at radius 3 is 2.43 bits per heavy atom. The molecule has 10 heteroatoms. The number of phenolic OH excluding ortho intramolecular Hbond substituents is 1. The summed E-state index contributed by atoms with van der Waals surface area (Å²) in [4.78, 5) is 18.9. The highest BCUT2D eigenvalue weighted by atomic mass is 35.5. The molecule has 1 amide bonds. The number of anilines is 1. The average molecular weight is 338 g/mol. The second-order valence-electron chi connectivity index (χ2n) is 3.68. The molecule has 0 spiro atoms. The zero-order chi connectivity index (χ0) is 15.7. The minimum atomic E-state index is -1.79. The van der Waals surface area contributed by atoms with Crippen LogP contribution in [0.3, 0.4) is 0 Å². The number of halogens is 5. The average Bonchev–Trinajstić information content (AvgIpc) is 2.39. The molecule has 0 aliphatic rings. The normalized spacial score (nSPS) is 10.5. The van der Waals surface area contributed by atoms with Gasteiger partial charge in [-0.05, 0) is 17.7 Å². The van der Waals surface area contributed by atoms with Gasteiger partial charge in [-0.25, -0.2) is 18.7 Å². The van der Waals surface area contributed by atoms with E-state index in [2.05, 4.69) is 15.3 Å². The summed E-state index contributed by atoms with van der Waals surface area (Å²) in [6.07, 6.45) is 0. The highest BCUT2D eigenvalue weighted by Crippen LogP contribution is 2.26. The smallest absolute Gasteiger partial charge is 0.260 e. The standard InChI is InChI=1S/C11H4Cl2F3N3O2/c12-5-2-6(19-11(13)17-5)18-10(21)3-1-4(14)8(16)9(20)7(3)15/h1-2,20H,(H,17,18,19,21). The Bertz CT molecular complexity index is 723. The molecular weight excluding hydrogens is 334 g/mol. The lowest BCUT2D eigenvalue weighted by Gasteiger charge is -2.08. The van der Waals surface area contributed by atoms with Crippen molar-refractivity contribution < 1.29 is 23.1 Å². The summed E-state index contributed by atoms with van der Waals surface area (Å²) in [5, 5.41) is 10.7. The van der Waals surface area contributed by atoms with Crippen molar-refractivity contribution in [2.45, 2.75) is 0 Å². The Morgan fingerprint density at radius 2 is 1.81 bits per heavy atom. The minimum absolute atomic E-state index is 0.0982. The molecule has 1 aromatic carbocycles. The Kier molecular flexibility index (Phi) is 4.19. The van der Waals surface area contributed by atoms with Gasteiger partial charge in [0.1, 0.15) is 11.0 Å². The summed E-state index contributed by atoms with van der Waals surface area (Å²) in [6.45, 7) is 0. The van der Waals surface area contributed by atoms with E-state index in [4.69, 9.17) is 28.3 Å². The van der Waals surface area contributed by atoms with Crippen LogP contribution in [0.4, 0.5) is 19.0 Å². The number of rotatable bonds is 2. The molecular formula is C11H4Cl2F3N3O2. The third-order valence-electron chi connectivity index (χ3n) is 2.29. The number of carbonyl (C=O) groups excluding carboxylic acids is 1. The molecule has 0 saturated carbocycles. The maximum absolute atomic E-state index is 13.6. The zero-order valence-corrected chi connectivity index (χ0v) is 11.3. The number of aromatic nitrogens is 2. The lowest BCUT2D eigenvalue weighted by molar-refractivity contribution is 0.102. The summed E-state index contributed by atoms with van der Waals surface area (Å²) < 4.78 is 39.6. The van der Waals surface area contributed by atoms with E-state index >= 15 is 0 Å². The van der Waals surface area contributed by atoms with Crippen molar-refractivity contribution in [2.24, 2.45) is 0 Å². The van der Waals surface area contributed by atoms with E-state index in [0.29, 0.717) is 6.07 Å². The monoisotopic (exact) mass is 337 g/mol. The quantitative estimate of drug-likeness (QED) is 0.501. The van der Waals surface area contributed by atoms with Crippen molar-refractivity contribution >= 4 is 34.9 Å². The fourth-order valence-electron chi connectivity index (χ4n) is 1.39. The largest absolute Gasteiger partial charge is 0.503 e. The summed E-state index contributed by atoms with van der Waals surface area (Å²) in [5.41, 5.74) is -0.919. The lowest BCUT2D eigenvalue weighted by atomic mass is 10.1. The van der Waals surface area contributed by atoms with Crippen molar-refractivity contribution in [3.8, 4) is 5.75 Å². The van der Waals surface area contributed by atoms with Crippen molar-refractivity contribution in [3.05, 3.63) is 45.6 Å². The number of aromatic hydroxyl groups is 1. The fraction of sp³-hybridized carbons (Fsp3) is 0. The molecule has 2 rings (SSSR count). The van der Waals surface area contributed by atoms with Crippen LogP contribution >= 0.6 is 23.2 Å². The van der Waals surface area contributed by atoms with Crippen LogP contribution in [0.15, 0.2) is 12.1 Å². The number of nitrogens with one attached hydrogen (secondary N) is 1.